The van der Waals surface area contributed by atoms with Crippen LogP contribution in [0.25, 0.3) is 11.4 Å². The van der Waals surface area contributed by atoms with E-state index in [0.29, 0.717) is 11.6 Å². The van der Waals surface area contributed by atoms with Crippen LogP contribution in [0.3, 0.4) is 0 Å². The van der Waals surface area contributed by atoms with Crippen molar-refractivity contribution in [3.63, 3.8) is 0 Å². The number of benzene rings is 1. The molecule has 1 aliphatic rings. The number of nitrogen functional groups attached to an aromatic ring is 1. The topological polar surface area (TPSA) is 73.1 Å². The van der Waals surface area contributed by atoms with Crippen molar-refractivity contribution in [2.45, 2.75) is 31.9 Å². The van der Waals surface area contributed by atoms with Gasteiger partial charge in [0.25, 0.3) is 0 Å². The van der Waals surface area contributed by atoms with Gasteiger partial charge in [-0.25, -0.2) is 9.97 Å². The van der Waals surface area contributed by atoms with E-state index in [-0.39, 0.29) is 11.6 Å². The van der Waals surface area contributed by atoms with Gasteiger partial charge in [0.1, 0.15) is 11.6 Å². The second-order valence-corrected chi connectivity index (χ2v) is 5.67. The third-order valence-corrected chi connectivity index (χ3v) is 4.08. The summed E-state index contributed by atoms with van der Waals surface area (Å²) in [6, 6.07) is 11.6. The number of nitrogens with one attached hydrogen (secondary N) is 1. The number of ether oxygens (including phenoxy) is 1. The quantitative estimate of drug-likeness (QED) is 0.906. The third kappa shape index (κ3) is 2.83. The molecule has 3 N–H and O–H groups in total. The molecule has 0 radical (unpaired) electrons. The molecular formula is C16H20N4O. The van der Waals surface area contributed by atoms with Gasteiger partial charge in [-0.05, 0) is 20.3 Å². The maximum absolute atomic E-state index is 5.93. The van der Waals surface area contributed by atoms with E-state index in [1.54, 1.807) is 6.07 Å². The minimum Gasteiger partial charge on any atom is -0.384 e. The van der Waals surface area contributed by atoms with Crippen LogP contribution in [0.4, 0.5) is 11.6 Å². The molecule has 5 nitrogen and oxygen atoms in total. The van der Waals surface area contributed by atoms with Crippen LogP contribution in [0.5, 0.6) is 0 Å². The average molecular weight is 284 g/mol. The highest BCUT2D eigenvalue weighted by Gasteiger charge is 2.37. The van der Waals surface area contributed by atoms with Crippen LogP contribution in [0.2, 0.25) is 0 Å². The number of rotatable bonds is 3. The number of hydrogen-bond acceptors (Lipinski definition) is 5. The zero-order valence-electron chi connectivity index (χ0n) is 12.3. The van der Waals surface area contributed by atoms with Crippen molar-refractivity contribution in [1.29, 1.82) is 0 Å². The Hall–Kier alpha value is -2.14. The summed E-state index contributed by atoms with van der Waals surface area (Å²) < 4.78 is 5.65. The van der Waals surface area contributed by atoms with Gasteiger partial charge < -0.3 is 15.8 Å². The first-order chi connectivity index (χ1) is 10.1. The van der Waals surface area contributed by atoms with Crippen LogP contribution in [-0.4, -0.2) is 28.2 Å². The minimum absolute atomic E-state index is 0.130. The number of hydrogen-bond donors (Lipinski definition) is 2. The van der Waals surface area contributed by atoms with Gasteiger partial charge in [-0.2, -0.15) is 0 Å². The first-order valence-electron chi connectivity index (χ1n) is 7.17. The van der Waals surface area contributed by atoms with E-state index in [2.05, 4.69) is 29.1 Å². The van der Waals surface area contributed by atoms with Gasteiger partial charge in [-0.3, -0.25) is 0 Å². The molecule has 0 spiro atoms. The zero-order valence-corrected chi connectivity index (χ0v) is 12.3. The molecule has 2 atom stereocenters. The van der Waals surface area contributed by atoms with Gasteiger partial charge in [0.05, 0.1) is 11.6 Å². The number of aromatic nitrogens is 2. The smallest absolute Gasteiger partial charge is 0.163 e. The Kier molecular flexibility index (Phi) is 3.51. The lowest BCUT2D eigenvalue weighted by Crippen LogP contribution is -2.41. The fourth-order valence-electron chi connectivity index (χ4n) is 2.54. The summed E-state index contributed by atoms with van der Waals surface area (Å²) in [7, 11) is 0. The predicted molar refractivity (Wildman–Crippen MR) is 83.9 cm³/mol. The van der Waals surface area contributed by atoms with E-state index in [4.69, 9.17) is 10.5 Å². The maximum atomic E-state index is 5.93. The average Bonchev–Trinajstić information content (AvgIpc) is 2.78. The molecule has 0 saturated carbocycles. The summed E-state index contributed by atoms with van der Waals surface area (Å²) in [5.41, 5.74) is 6.75. The summed E-state index contributed by atoms with van der Waals surface area (Å²) in [6.45, 7) is 4.98. The van der Waals surface area contributed by atoms with E-state index >= 15 is 0 Å². The molecule has 1 aromatic carbocycles. The summed E-state index contributed by atoms with van der Waals surface area (Å²) in [5.74, 6) is 1.83. The van der Waals surface area contributed by atoms with Crippen LogP contribution in [0.1, 0.15) is 20.3 Å². The van der Waals surface area contributed by atoms with Gasteiger partial charge >= 0.3 is 0 Å². The Morgan fingerprint density at radius 1 is 1.29 bits per heavy atom. The summed E-state index contributed by atoms with van der Waals surface area (Å²) in [4.78, 5) is 8.91. The number of nitrogens with zero attached hydrogens (tertiary/aromatic N) is 2. The first-order valence-corrected chi connectivity index (χ1v) is 7.17. The molecule has 2 heterocycles. The summed E-state index contributed by atoms with van der Waals surface area (Å²) >= 11 is 0. The van der Waals surface area contributed by atoms with Crippen molar-refractivity contribution in [3.8, 4) is 11.4 Å². The van der Waals surface area contributed by atoms with Crippen LogP contribution in [0.15, 0.2) is 36.4 Å². The number of anilines is 2. The predicted octanol–water partition coefficient (Wildman–Crippen LogP) is 2.71. The van der Waals surface area contributed by atoms with Gasteiger partial charge in [-0.15, -0.1) is 0 Å². The molecule has 1 saturated heterocycles. The Morgan fingerprint density at radius 2 is 2.05 bits per heavy atom. The van der Waals surface area contributed by atoms with Crippen molar-refractivity contribution in [3.05, 3.63) is 36.4 Å². The van der Waals surface area contributed by atoms with E-state index in [0.717, 1.165) is 24.4 Å². The molecule has 2 aromatic rings. The lowest BCUT2D eigenvalue weighted by Gasteiger charge is -2.29. The fraction of sp³-hybridized carbons (Fsp3) is 0.375. The van der Waals surface area contributed by atoms with Crippen LogP contribution in [-0.2, 0) is 4.74 Å². The molecule has 0 amide bonds. The van der Waals surface area contributed by atoms with Gasteiger partial charge in [0.2, 0.25) is 0 Å². The lowest BCUT2D eigenvalue weighted by atomic mass is 9.95. The van der Waals surface area contributed by atoms with Crippen LogP contribution < -0.4 is 11.1 Å². The molecule has 2 unspecified atom stereocenters. The summed E-state index contributed by atoms with van der Waals surface area (Å²) in [6.07, 6.45) is 1.08. The molecular weight excluding hydrogens is 264 g/mol. The summed E-state index contributed by atoms with van der Waals surface area (Å²) in [5, 5.41) is 3.46. The number of nitrogens with two attached hydrogens (primary N) is 1. The van der Waals surface area contributed by atoms with Crippen LogP contribution in [0, 0.1) is 0 Å². The van der Waals surface area contributed by atoms with Gasteiger partial charge in [0, 0.05) is 18.2 Å². The third-order valence-electron chi connectivity index (χ3n) is 4.08. The zero-order chi connectivity index (χ0) is 14.9. The van der Waals surface area contributed by atoms with Crippen molar-refractivity contribution in [2.24, 2.45) is 0 Å². The molecule has 1 aliphatic heterocycles. The molecule has 1 aromatic heterocycles. The van der Waals surface area contributed by atoms with Crippen molar-refractivity contribution in [2.75, 3.05) is 17.7 Å². The Bertz CT molecular complexity index is 631. The second-order valence-electron chi connectivity index (χ2n) is 5.67. The van der Waals surface area contributed by atoms with Crippen molar-refractivity contribution < 1.29 is 4.74 Å². The minimum atomic E-state index is -0.130. The molecule has 21 heavy (non-hydrogen) atoms. The molecule has 0 aliphatic carbocycles. The molecule has 110 valence electrons. The van der Waals surface area contributed by atoms with Crippen molar-refractivity contribution in [1.82, 2.24) is 9.97 Å². The largest absolute Gasteiger partial charge is 0.384 e. The lowest BCUT2D eigenvalue weighted by molar-refractivity contribution is 0.105. The highest BCUT2D eigenvalue weighted by molar-refractivity contribution is 5.60. The molecule has 3 rings (SSSR count). The fourth-order valence-corrected chi connectivity index (χ4v) is 2.54. The Morgan fingerprint density at radius 3 is 2.71 bits per heavy atom. The molecule has 5 heteroatoms. The van der Waals surface area contributed by atoms with Crippen LogP contribution >= 0.6 is 0 Å². The Balaban J connectivity index is 1.92. The Labute approximate surface area is 124 Å². The molecule has 0 bridgehead atoms. The van der Waals surface area contributed by atoms with Gasteiger partial charge in [-0.1, -0.05) is 30.3 Å². The first kappa shape index (κ1) is 13.8. The van der Waals surface area contributed by atoms with E-state index in [1.165, 1.54) is 0 Å². The maximum Gasteiger partial charge on any atom is 0.163 e. The van der Waals surface area contributed by atoms with Gasteiger partial charge in [0.15, 0.2) is 5.82 Å². The highest BCUT2D eigenvalue weighted by atomic mass is 16.5. The standard InChI is InChI=1S/C16H20N4O/c1-11-16(2,8-9-21-11)20-14-10-13(17)18-15(19-14)12-6-4-3-5-7-12/h3-7,10-11H,8-9H2,1-2H3,(H3,17,18,19,20). The highest BCUT2D eigenvalue weighted by Crippen LogP contribution is 2.30. The van der Waals surface area contributed by atoms with E-state index in [1.807, 2.05) is 30.3 Å². The van der Waals surface area contributed by atoms with E-state index in [9.17, 15) is 0 Å². The second kappa shape index (κ2) is 5.33. The monoisotopic (exact) mass is 284 g/mol. The SMILES string of the molecule is CC1OCCC1(C)Nc1cc(N)nc(-c2ccccc2)n1. The normalized spacial score (nSPS) is 25.0. The van der Waals surface area contributed by atoms with Crippen molar-refractivity contribution >= 4 is 11.6 Å². The van der Waals surface area contributed by atoms with E-state index < -0.39 is 0 Å². The molecule has 1 fully saturated rings.